The second kappa shape index (κ2) is 5.03. The standard InChI is InChI=1S/C22H28O3/c1-13-11-15-16(20(2)9-7-14(23)12-18(13)20)8-10-21(3)17(15)5-6-19(24)22(21,4)25/h7,9,11-12,15-17,25H,5-6,8,10H2,1-4H3/t15?,16?,17?,20?,21?,22-/m1/s1. The molecule has 0 saturated heterocycles. The maximum atomic E-state index is 12.4. The van der Waals surface area contributed by atoms with Gasteiger partial charge in [-0.05, 0) is 68.6 Å². The quantitative estimate of drug-likeness (QED) is 0.730. The van der Waals surface area contributed by atoms with E-state index >= 15 is 0 Å². The molecule has 0 aromatic rings. The molecule has 0 bridgehead atoms. The van der Waals surface area contributed by atoms with Crippen LogP contribution in [0.25, 0.3) is 0 Å². The zero-order valence-electron chi connectivity index (χ0n) is 15.6. The van der Waals surface area contributed by atoms with E-state index in [1.807, 2.05) is 0 Å². The van der Waals surface area contributed by atoms with Gasteiger partial charge in [0.05, 0.1) is 0 Å². The molecule has 0 aromatic carbocycles. The van der Waals surface area contributed by atoms with Crippen molar-refractivity contribution < 1.29 is 14.7 Å². The fourth-order valence-corrected chi connectivity index (χ4v) is 6.37. The lowest BCUT2D eigenvalue weighted by Gasteiger charge is -2.61. The van der Waals surface area contributed by atoms with Crippen molar-refractivity contribution >= 4 is 11.6 Å². The summed E-state index contributed by atoms with van der Waals surface area (Å²) < 4.78 is 0. The van der Waals surface area contributed by atoms with Gasteiger partial charge in [0.15, 0.2) is 11.6 Å². The van der Waals surface area contributed by atoms with Crippen LogP contribution in [-0.2, 0) is 9.59 Å². The lowest BCUT2D eigenvalue weighted by molar-refractivity contribution is -0.180. The average molecular weight is 340 g/mol. The minimum Gasteiger partial charge on any atom is -0.382 e. The molecule has 134 valence electrons. The van der Waals surface area contributed by atoms with E-state index in [0.717, 1.165) is 24.8 Å². The van der Waals surface area contributed by atoms with Crippen LogP contribution in [0.1, 0.15) is 53.4 Å². The van der Waals surface area contributed by atoms with Crippen LogP contribution < -0.4 is 0 Å². The van der Waals surface area contributed by atoms with Gasteiger partial charge in [0.2, 0.25) is 0 Å². The van der Waals surface area contributed by atoms with E-state index in [1.54, 1.807) is 19.1 Å². The second-order valence-electron chi connectivity index (χ2n) is 9.21. The van der Waals surface area contributed by atoms with Gasteiger partial charge in [-0.15, -0.1) is 0 Å². The largest absolute Gasteiger partial charge is 0.382 e. The van der Waals surface area contributed by atoms with E-state index in [0.29, 0.717) is 24.2 Å². The van der Waals surface area contributed by atoms with Crippen molar-refractivity contribution in [2.24, 2.45) is 28.6 Å². The normalized spacial score (nSPS) is 48.9. The number of hydrogen-bond donors (Lipinski definition) is 1. The van der Waals surface area contributed by atoms with Gasteiger partial charge in [0, 0.05) is 17.3 Å². The number of allylic oxidation sites excluding steroid dienone is 6. The van der Waals surface area contributed by atoms with Crippen molar-refractivity contribution in [3.05, 3.63) is 35.5 Å². The van der Waals surface area contributed by atoms with E-state index in [9.17, 15) is 14.7 Å². The molecule has 6 atom stereocenters. The SMILES string of the molecule is CC1=CC2C(CCC3(C)C2CCC(=O)[C@@]3(C)O)C2(C)C=CC(=O)C=C12. The molecule has 25 heavy (non-hydrogen) atoms. The van der Waals surface area contributed by atoms with Crippen LogP contribution in [0, 0.1) is 28.6 Å². The van der Waals surface area contributed by atoms with Gasteiger partial charge in [-0.3, -0.25) is 9.59 Å². The highest BCUT2D eigenvalue weighted by atomic mass is 16.3. The Morgan fingerprint density at radius 3 is 2.56 bits per heavy atom. The van der Waals surface area contributed by atoms with Crippen LogP contribution in [0.3, 0.4) is 0 Å². The molecule has 2 fully saturated rings. The van der Waals surface area contributed by atoms with Crippen LogP contribution in [-0.4, -0.2) is 22.3 Å². The molecule has 3 heteroatoms. The van der Waals surface area contributed by atoms with E-state index in [-0.39, 0.29) is 22.4 Å². The minimum absolute atomic E-state index is 0.00355. The van der Waals surface area contributed by atoms with E-state index in [4.69, 9.17) is 0 Å². The van der Waals surface area contributed by atoms with Gasteiger partial charge in [0.25, 0.3) is 0 Å². The molecular formula is C22H28O3. The van der Waals surface area contributed by atoms with Crippen molar-refractivity contribution in [1.82, 2.24) is 0 Å². The average Bonchev–Trinajstić information content (AvgIpc) is 2.54. The van der Waals surface area contributed by atoms with Crippen LogP contribution in [0.4, 0.5) is 0 Å². The lowest BCUT2D eigenvalue weighted by Crippen LogP contribution is -2.62. The van der Waals surface area contributed by atoms with E-state index < -0.39 is 5.60 Å². The number of carbonyl (C=O) groups is 2. The highest BCUT2D eigenvalue weighted by molar-refractivity contribution is 6.02. The van der Waals surface area contributed by atoms with Gasteiger partial charge in [0.1, 0.15) is 5.60 Å². The monoisotopic (exact) mass is 340 g/mol. The summed E-state index contributed by atoms with van der Waals surface area (Å²) in [7, 11) is 0. The summed E-state index contributed by atoms with van der Waals surface area (Å²) in [5.74, 6) is 1.15. The van der Waals surface area contributed by atoms with Gasteiger partial charge < -0.3 is 5.11 Å². The second-order valence-corrected chi connectivity index (χ2v) is 9.21. The van der Waals surface area contributed by atoms with Crippen molar-refractivity contribution in [2.45, 2.75) is 59.0 Å². The van der Waals surface area contributed by atoms with Gasteiger partial charge in [-0.1, -0.05) is 31.6 Å². The third kappa shape index (κ3) is 2.02. The Morgan fingerprint density at radius 1 is 1.12 bits per heavy atom. The van der Waals surface area contributed by atoms with Crippen molar-refractivity contribution in [2.75, 3.05) is 0 Å². The zero-order valence-corrected chi connectivity index (χ0v) is 15.6. The van der Waals surface area contributed by atoms with Crippen LogP contribution in [0.2, 0.25) is 0 Å². The molecule has 5 unspecified atom stereocenters. The minimum atomic E-state index is -1.24. The third-order valence-corrected chi connectivity index (χ3v) is 8.16. The Morgan fingerprint density at radius 2 is 1.84 bits per heavy atom. The molecule has 0 radical (unpaired) electrons. The van der Waals surface area contributed by atoms with Crippen LogP contribution >= 0.6 is 0 Å². The highest BCUT2D eigenvalue weighted by Crippen LogP contribution is 2.64. The van der Waals surface area contributed by atoms with E-state index in [1.165, 1.54) is 5.57 Å². The van der Waals surface area contributed by atoms with Crippen LogP contribution in [0.5, 0.6) is 0 Å². The van der Waals surface area contributed by atoms with E-state index in [2.05, 4.69) is 32.9 Å². The number of hydrogen-bond acceptors (Lipinski definition) is 3. The summed E-state index contributed by atoms with van der Waals surface area (Å²) in [6.45, 7) is 8.20. The molecule has 0 spiro atoms. The highest BCUT2D eigenvalue weighted by Gasteiger charge is 2.62. The predicted octanol–water partition coefficient (Wildman–Crippen LogP) is 3.78. The van der Waals surface area contributed by atoms with Crippen molar-refractivity contribution in [1.29, 1.82) is 0 Å². The Kier molecular flexibility index (Phi) is 3.41. The number of ketones is 2. The number of aliphatic hydroxyl groups is 1. The third-order valence-electron chi connectivity index (χ3n) is 8.16. The fourth-order valence-electron chi connectivity index (χ4n) is 6.37. The topological polar surface area (TPSA) is 54.4 Å². The number of fused-ring (bicyclic) bond motifs is 5. The molecule has 0 aliphatic heterocycles. The molecule has 0 heterocycles. The Bertz CT molecular complexity index is 753. The zero-order chi connectivity index (χ0) is 18.2. The molecule has 0 amide bonds. The predicted molar refractivity (Wildman–Crippen MR) is 96.8 cm³/mol. The first-order chi connectivity index (χ1) is 11.6. The molecule has 4 aliphatic rings. The summed E-state index contributed by atoms with van der Waals surface area (Å²) in [5, 5.41) is 11.0. The maximum absolute atomic E-state index is 12.4. The Balaban J connectivity index is 1.82. The maximum Gasteiger partial charge on any atom is 0.178 e. The molecule has 1 N–H and O–H groups in total. The molecule has 0 aromatic heterocycles. The molecule has 4 rings (SSSR count). The lowest BCUT2D eigenvalue weighted by atomic mass is 9.43. The Hall–Kier alpha value is -1.48. The van der Waals surface area contributed by atoms with Gasteiger partial charge >= 0.3 is 0 Å². The molecule has 2 saturated carbocycles. The summed E-state index contributed by atoms with van der Waals surface area (Å²) in [4.78, 5) is 24.3. The van der Waals surface area contributed by atoms with Gasteiger partial charge in [-0.2, -0.15) is 0 Å². The van der Waals surface area contributed by atoms with Crippen LogP contribution in [0.15, 0.2) is 35.5 Å². The first-order valence-electron chi connectivity index (χ1n) is 9.51. The van der Waals surface area contributed by atoms with Crippen molar-refractivity contribution in [3.8, 4) is 0 Å². The number of Topliss-reactive ketones (excluding diaryl/α,β-unsaturated/α-hetero) is 1. The first-order valence-corrected chi connectivity index (χ1v) is 9.51. The Labute approximate surface area is 149 Å². The summed E-state index contributed by atoms with van der Waals surface area (Å²) in [6, 6.07) is 0. The summed E-state index contributed by atoms with van der Waals surface area (Å²) >= 11 is 0. The fraction of sp³-hybridized carbons (Fsp3) is 0.636. The molecule has 4 aliphatic carbocycles. The number of rotatable bonds is 0. The smallest absolute Gasteiger partial charge is 0.178 e. The summed E-state index contributed by atoms with van der Waals surface area (Å²) in [5.41, 5.74) is 0.613. The molecule has 3 nitrogen and oxygen atoms in total. The summed E-state index contributed by atoms with van der Waals surface area (Å²) in [6.07, 6.45) is 11.1. The van der Waals surface area contributed by atoms with Gasteiger partial charge in [-0.25, -0.2) is 0 Å². The molecular weight excluding hydrogens is 312 g/mol. The first kappa shape index (κ1) is 17.0. The van der Waals surface area contributed by atoms with Crippen molar-refractivity contribution in [3.63, 3.8) is 0 Å². The number of carbonyl (C=O) groups excluding carboxylic acids is 2.